The van der Waals surface area contributed by atoms with E-state index in [-0.39, 0.29) is 0 Å². The summed E-state index contributed by atoms with van der Waals surface area (Å²) < 4.78 is 0. The highest BCUT2D eigenvalue weighted by Crippen LogP contribution is 2.16. The lowest BCUT2D eigenvalue weighted by molar-refractivity contribution is 1.04. The molecule has 4 heteroatoms. The molecule has 0 aromatic rings. The maximum Gasteiger partial charge on any atom is 0.145 e. The molecule has 4 nitrogen and oxygen atoms in total. The van der Waals surface area contributed by atoms with Gasteiger partial charge in [-0.25, -0.2) is 0 Å². The topological polar surface area (TPSA) is 67.6 Å². The van der Waals surface area contributed by atoms with Gasteiger partial charge in [0, 0.05) is 12.3 Å². The number of nitrogens with two attached hydrogens (primary N) is 1. The number of nitrogens with zero attached hydrogens (tertiary/aromatic N) is 2. The fraction of sp³-hybridized carbons (Fsp3) is 0. The van der Waals surface area contributed by atoms with Crippen molar-refractivity contribution in [2.45, 2.75) is 0 Å². The quantitative estimate of drug-likeness (QED) is 0.551. The van der Waals surface area contributed by atoms with Crippen molar-refractivity contribution in [1.29, 1.82) is 0 Å². The van der Waals surface area contributed by atoms with Gasteiger partial charge in [0.1, 0.15) is 5.82 Å². The van der Waals surface area contributed by atoms with Crippen LogP contribution in [-0.2, 0) is 0 Å². The lowest BCUT2D eigenvalue weighted by Crippen LogP contribution is -1.94. The third-order valence-electron chi connectivity index (χ3n) is 1.32. The molecule has 0 aromatic heterocycles. The minimum atomic E-state index is 0.464. The first-order valence-corrected chi connectivity index (χ1v) is 2.92. The van der Waals surface area contributed by atoms with E-state index in [4.69, 9.17) is 5.73 Å². The highest BCUT2D eigenvalue weighted by Gasteiger charge is 2.02. The number of nitrogen functional groups attached to an aromatic ring is 1. The maximum atomic E-state index is 5.40. The summed E-state index contributed by atoms with van der Waals surface area (Å²) in [5.74, 6) is 0.464. The Balaban J connectivity index is 2.75. The first kappa shape index (κ1) is 5.22. The van der Waals surface area contributed by atoms with Crippen molar-refractivity contribution in [3.8, 4) is 11.4 Å². The van der Waals surface area contributed by atoms with Gasteiger partial charge >= 0.3 is 0 Å². The van der Waals surface area contributed by atoms with Crippen LogP contribution in [0.4, 0.5) is 5.82 Å². The predicted octanol–water partition coefficient (Wildman–Crippen LogP) is 0.492. The molecule has 0 aromatic carbocycles. The van der Waals surface area contributed by atoms with Gasteiger partial charge in [-0.1, -0.05) is 0 Å². The fourth-order valence-corrected chi connectivity index (χ4v) is 0.854. The number of fused-ring (bicyclic) bond motifs is 1. The molecule has 0 saturated carbocycles. The van der Waals surface area contributed by atoms with Gasteiger partial charge in [0.05, 0.1) is 11.4 Å². The molecular weight excluding hydrogens is 128 g/mol. The molecular formula is C6H6N4. The molecule has 50 valence electrons. The minimum Gasteiger partial charge on any atom is -0.382 e. The third kappa shape index (κ3) is 0.621. The molecule has 0 radical (unpaired) electrons. The van der Waals surface area contributed by atoms with Gasteiger partial charge in [0.2, 0.25) is 0 Å². The fourth-order valence-electron chi connectivity index (χ4n) is 0.854. The lowest BCUT2D eigenvalue weighted by atomic mass is 10.3. The van der Waals surface area contributed by atoms with Crippen molar-refractivity contribution in [3.05, 3.63) is 18.3 Å². The van der Waals surface area contributed by atoms with Gasteiger partial charge in [-0.3, -0.25) is 10.1 Å². The van der Waals surface area contributed by atoms with E-state index < -0.39 is 0 Å². The first-order valence-electron chi connectivity index (χ1n) is 2.92. The van der Waals surface area contributed by atoms with Crippen molar-refractivity contribution in [2.24, 2.45) is 0 Å². The lowest BCUT2D eigenvalue weighted by Gasteiger charge is -1.95. The van der Waals surface area contributed by atoms with Crippen LogP contribution in [0.15, 0.2) is 18.3 Å². The van der Waals surface area contributed by atoms with Crippen LogP contribution in [-0.4, -0.2) is 15.2 Å². The summed E-state index contributed by atoms with van der Waals surface area (Å²) in [5, 5.41) is 6.55. The maximum absolute atomic E-state index is 5.40. The van der Waals surface area contributed by atoms with E-state index in [9.17, 15) is 0 Å². The van der Waals surface area contributed by atoms with Crippen molar-refractivity contribution in [3.63, 3.8) is 0 Å². The van der Waals surface area contributed by atoms with Gasteiger partial charge in [-0.15, -0.1) is 0 Å². The second-order valence-corrected chi connectivity index (χ2v) is 2.04. The predicted molar refractivity (Wildman–Crippen MR) is 37.4 cm³/mol. The summed E-state index contributed by atoms with van der Waals surface area (Å²) >= 11 is 0. The Morgan fingerprint density at radius 3 is 3.30 bits per heavy atom. The standard InChI is InChI=1S/C6H6N4/c7-6-3-5-4(9-10-6)1-2-8-5/h1-3,9H,(H2,7,10). The van der Waals surface area contributed by atoms with Gasteiger partial charge < -0.3 is 5.73 Å². The summed E-state index contributed by atoms with van der Waals surface area (Å²) in [4.78, 5) is 4.03. The number of rotatable bonds is 0. The SMILES string of the molecule is Nc1cc2nccc-2[nH]n1. The Morgan fingerprint density at radius 2 is 2.40 bits per heavy atom. The Morgan fingerprint density at radius 1 is 1.50 bits per heavy atom. The van der Waals surface area contributed by atoms with Crippen LogP contribution < -0.4 is 5.73 Å². The molecule has 3 N–H and O–H groups in total. The number of anilines is 1. The number of aromatic nitrogens is 3. The summed E-state index contributed by atoms with van der Waals surface area (Å²) in [5.41, 5.74) is 7.17. The monoisotopic (exact) mass is 134 g/mol. The first-order chi connectivity index (χ1) is 4.86. The normalized spacial score (nSPS) is 10.4. The zero-order valence-corrected chi connectivity index (χ0v) is 5.20. The molecule has 0 spiro atoms. The molecule has 0 aliphatic carbocycles. The second-order valence-electron chi connectivity index (χ2n) is 2.04. The van der Waals surface area contributed by atoms with Crippen LogP contribution in [0.2, 0.25) is 0 Å². The molecule has 0 bridgehead atoms. The summed E-state index contributed by atoms with van der Waals surface area (Å²) in [6.07, 6.45) is 1.71. The number of aromatic amines is 1. The van der Waals surface area contributed by atoms with Crippen LogP contribution in [0.25, 0.3) is 11.4 Å². The van der Waals surface area contributed by atoms with Crippen LogP contribution in [0.1, 0.15) is 0 Å². The Hall–Kier alpha value is -1.58. The van der Waals surface area contributed by atoms with Gasteiger partial charge in [0.15, 0.2) is 0 Å². The summed E-state index contributed by atoms with van der Waals surface area (Å²) in [7, 11) is 0. The van der Waals surface area contributed by atoms with E-state index in [1.165, 1.54) is 0 Å². The van der Waals surface area contributed by atoms with E-state index in [0.717, 1.165) is 11.4 Å². The number of hydrogen-bond acceptors (Lipinski definition) is 3. The molecule has 2 aliphatic heterocycles. The average Bonchev–Trinajstić information content (AvgIpc) is 2.33. The van der Waals surface area contributed by atoms with Crippen LogP contribution in [0.3, 0.4) is 0 Å². The molecule has 0 atom stereocenters. The summed E-state index contributed by atoms with van der Waals surface area (Å²) in [6.45, 7) is 0. The van der Waals surface area contributed by atoms with E-state index in [1.54, 1.807) is 12.3 Å². The zero-order chi connectivity index (χ0) is 6.97. The Labute approximate surface area is 57.4 Å². The van der Waals surface area contributed by atoms with E-state index in [2.05, 4.69) is 15.2 Å². The van der Waals surface area contributed by atoms with Crippen LogP contribution in [0.5, 0.6) is 0 Å². The van der Waals surface area contributed by atoms with Crippen LogP contribution >= 0.6 is 0 Å². The van der Waals surface area contributed by atoms with E-state index in [0.29, 0.717) is 5.82 Å². The van der Waals surface area contributed by atoms with Gasteiger partial charge in [0.25, 0.3) is 0 Å². The molecule has 0 unspecified atom stereocenters. The second kappa shape index (κ2) is 1.70. The highest BCUT2D eigenvalue weighted by molar-refractivity contribution is 5.58. The van der Waals surface area contributed by atoms with E-state index in [1.807, 2.05) is 6.07 Å². The van der Waals surface area contributed by atoms with Gasteiger partial charge in [-0.2, -0.15) is 5.10 Å². The van der Waals surface area contributed by atoms with E-state index >= 15 is 0 Å². The van der Waals surface area contributed by atoms with Crippen molar-refractivity contribution in [2.75, 3.05) is 5.73 Å². The third-order valence-corrected chi connectivity index (χ3v) is 1.32. The Kier molecular flexibility index (Phi) is 0.887. The molecule has 0 saturated heterocycles. The van der Waals surface area contributed by atoms with Crippen molar-refractivity contribution >= 4 is 5.82 Å². The number of nitrogens with one attached hydrogen (secondary N) is 1. The van der Waals surface area contributed by atoms with Crippen molar-refractivity contribution in [1.82, 2.24) is 15.2 Å². The number of hydrogen-bond donors (Lipinski definition) is 2. The molecule has 10 heavy (non-hydrogen) atoms. The van der Waals surface area contributed by atoms with Gasteiger partial charge in [-0.05, 0) is 6.07 Å². The van der Waals surface area contributed by atoms with Crippen LogP contribution in [0, 0.1) is 0 Å². The summed E-state index contributed by atoms with van der Waals surface area (Å²) in [6, 6.07) is 3.58. The van der Waals surface area contributed by atoms with Crippen molar-refractivity contribution < 1.29 is 0 Å². The highest BCUT2D eigenvalue weighted by atomic mass is 15.1. The molecule has 0 fully saturated rings. The molecule has 0 amide bonds. The minimum absolute atomic E-state index is 0.464. The number of H-pyrrole nitrogens is 1. The zero-order valence-electron chi connectivity index (χ0n) is 5.20. The molecule has 2 heterocycles. The largest absolute Gasteiger partial charge is 0.382 e. The smallest absolute Gasteiger partial charge is 0.145 e. The molecule has 2 aliphatic rings. The molecule has 2 rings (SSSR count). The average molecular weight is 134 g/mol. The Bertz CT molecular complexity index is 314.